The van der Waals surface area contributed by atoms with E-state index in [1.165, 1.54) is 75.5 Å². The SMILES string of the molecule is C[Si](C)(c1ccc(N(c2ccccc2)c2ccc3c(c2)c2ccccc2n3-c2ccccc2)c2ccccc12)c1ccc(N(c2ccccc2)c2ccc3c(c2)c2ccccc2n3-c2ccccc2)c2ccccc12. The van der Waals surface area contributed by atoms with E-state index in [9.17, 15) is 0 Å². The van der Waals surface area contributed by atoms with E-state index in [-0.39, 0.29) is 0 Å². The molecule has 0 aliphatic carbocycles. The van der Waals surface area contributed by atoms with E-state index in [1.807, 2.05) is 0 Å². The number of hydrogen-bond acceptors (Lipinski definition) is 2. The van der Waals surface area contributed by atoms with Crippen molar-refractivity contribution in [2.24, 2.45) is 0 Å². The fourth-order valence-electron chi connectivity index (χ4n) is 12.1. The minimum atomic E-state index is -2.45. The van der Waals surface area contributed by atoms with Crippen molar-refractivity contribution >= 4 is 118 Å². The van der Waals surface area contributed by atoms with E-state index < -0.39 is 8.07 Å². The molecular weight excluding hydrogens is 925 g/mol. The van der Waals surface area contributed by atoms with Crippen LogP contribution >= 0.6 is 0 Å². The van der Waals surface area contributed by atoms with Gasteiger partial charge in [-0.15, -0.1) is 0 Å². The number of para-hydroxylation sites is 6. The van der Waals surface area contributed by atoms with Gasteiger partial charge in [0.25, 0.3) is 0 Å². The lowest BCUT2D eigenvalue weighted by molar-refractivity contribution is 1.18. The highest BCUT2D eigenvalue weighted by Crippen LogP contribution is 2.45. The molecule has 0 radical (unpaired) electrons. The van der Waals surface area contributed by atoms with Crippen molar-refractivity contribution in [2.45, 2.75) is 13.1 Å². The molecule has 0 spiro atoms. The molecule has 75 heavy (non-hydrogen) atoms. The second-order valence-electron chi connectivity index (χ2n) is 20.1. The van der Waals surface area contributed by atoms with Gasteiger partial charge in [-0.1, -0.05) is 183 Å². The van der Waals surface area contributed by atoms with Crippen molar-refractivity contribution in [1.82, 2.24) is 9.13 Å². The first-order valence-electron chi connectivity index (χ1n) is 25.9. The number of anilines is 6. The Labute approximate surface area is 437 Å². The van der Waals surface area contributed by atoms with Crippen molar-refractivity contribution in [3.05, 3.63) is 279 Å². The molecule has 0 unspecified atom stereocenters. The van der Waals surface area contributed by atoms with Gasteiger partial charge in [-0.2, -0.15) is 0 Å². The van der Waals surface area contributed by atoms with Crippen LogP contribution in [-0.4, -0.2) is 17.2 Å². The standard InChI is InChI=1S/C70H52N4Si/c1-75(2,69-45-43-65(55-31-15-17-35-59(55)69)71(49-23-7-3-8-24-49)53-39-41-67-61(47-53)57-33-19-21-37-63(57)73(67)51-27-11-5-12-28-51)70-46-44-66(56-32-16-18-36-60(56)70)72(50-25-9-4-10-26-50)54-40-42-68-62(48-54)58-34-20-22-38-64(58)74(68)52-29-13-6-14-30-52/h3-48H,1-2H3. The Morgan fingerprint density at radius 3 is 0.973 bits per heavy atom. The maximum Gasteiger partial charge on any atom is 0.113 e. The number of rotatable bonds is 10. The monoisotopic (exact) mass is 976 g/mol. The third-order valence-electron chi connectivity index (χ3n) is 15.5. The lowest BCUT2D eigenvalue weighted by Crippen LogP contribution is -2.53. The molecule has 14 rings (SSSR count). The molecule has 5 heteroatoms. The number of nitrogens with zero attached hydrogens (tertiary/aromatic N) is 4. The maximum absolute atomic E-state index is 2.53. The summed E-state index contributed by atoms with van der Waals surface area (Å²) >= 11 is 0. The highest BCUT2D eigenvalue weighted by atomic mass is 28.3. The molecule has 0 N–H and O–H groups in total. The van der Waals surface area contributed by atoms with Crippen LogP contribution in [0.4, 0.5) is 34.1 Å². The van der Waals surface area contributed by atoms with Gasteiger partial charge in [0.1, 0.15) is 8.07 Å². The van der Waals surface area contributed by atoms with Gasteiger partial charge in [-0.3, -0.25) is 0 Å². The van der Waals surface area contributed by atoms with Crippen LogP contribution in [0.5, 0.6) is 0 Å². The van der Waals surface area contributed by atoms with E-state index >= 15 is 0 Å². The largest absolute Gasteiger partial charge is 0.310 e. The summed E-state index contributed by atoms with van der Waals surface area (Å²) in [5.41, 5.74) is 13.8. The molecule has 12 aromatic carbocycles. The quantitative estimate of drug-likeness (QED) is 0.127. The third kappa shape index (κ3) is 7.26. The Morgan fingerprint density at radius 1 is 0.253 bits per heavy atom. The number of hydrogen-bond donors (Lipinski definition) is 0. The van der Waals surface area contributed by atoms with Crippen molar-refractivity contribution in [3.63, 3.8) is 0 Å². The van der Waals surface area contributed by atoms with Gasteiger partial charge in [0.15, 0.2) is 0 Å². The Bertz CT molecular complexity index is 4160. The summed E-state index contributed by atoms with van der Waals surface area (Å²) in [6.45, 7) is 5.07. The average Bonchev–Trinajstić information content (AvgIpc) is 3.98. The van der Waals surface area contributed by atoms with Crippen LogP contribution in [0, 0.1) is 0 Å². The molecule has 0 amide bonds. The minimum Gasteiger partial charge on any atom is -0.310 e. The zero-order valence-electron chi connectivity index (χ0n) is 41.8. The van der Waals surface area contributed by atoms with Crippen LogP contribution in [0.2, 0.25) is 13.1 Å². The molecule has 0 bridgehead atoms. The molecule has 14 aromatic rings. The van der Waals surface area contributed by atoms with Gasteiger partial charge in [0, 0.05) is 66.4 Å². The lowest BCUT2D eigenvalue weighted by atomic mass is 10.0. The Morgan fingerprint density at radius 2 is 0.573 bits per heavy atom. The summed E-state index contributed by atoms with van der Waals surface area (Å²) < 4.78 is 4.78. The highest BCUT2D eigenvalue weighted by Gasteiger charge is 2.32. The van der Waals surface area contributed by atoms with E-state index in [0.29, 0.717) is 0 Å². The predicted molar refractivity (Wildman–Crippen MR) is 323 cm³/mol. The maximum atomic E-state index is 2.53. The number of benzene rings is 12. The Hall–Kier alpha value is -9.42. The summed E-state index contributed by atoms with van der Waals surface area (Å²) in [5, 5.41) is 12.8. The topological polar surface area (TPSA) is 16.3 Å². The first-order valence-corrected chi connectivity index (χ1v) is 28.9. The first kappa shape index (κ1) is 44.3. The molecule has 0 saturated carbocycles. The van der Waals surface area contributed by atoms with E-state index in [1.54, 1.807) is 0 Å². The van der Waals surface area contributed by atoms with Gasteiger partial charge in [0.2, 0.25) is 0 Å². The summed E-state index contributed by atoms with van der Waals surface area (Å²) in [4.78, 5) is 4.90. The fourth-order valence-corrected chi connectivity index (χ4v) is 15.2. The van der Waals surface area contributed by atoms with Gasteiger partial charge >= 0.3 is 0 Å². The molecule has 0 aliphatic rings. The smallest absolute Gasteiger partial charge is 0.113 e. The van der Waals surface area contributed by atoms with Crippen LogP contribution in [0.1, 0.15) is 0 Å². The number of aromatic nitrogens is 2. The normalized spacial score (nSPS) is 11.9. The van der Waals surface area contributed by atoms with Crippen molar-refractivity contribution in [2.75, 3.05) is 9.80 Å². The summed E-state index contributed by atoms with van der Waals surface area (Å²) in [6.07, 6.45) is 0. The number of fused-ring (bicyclic) bond motifs is 8. The van der Waals surface area contributed by atoms with Gasteiger partial charge in [-0.25, -0.2) is 0 Å². The van der Waals surface area contributed by atoms with Crippen molar-refractivity contribution < 1.29 is 0 Å². The summed E-state index contributed by atoms with van der Waals surface area (Å²) in [5.74, 6) is 0. The minimum absolute atomic E-state index is 1.11. The van der Waals surface area contributed by atoms with Crippen molar-refractivity contribution in [1.29, 1.82) is 0 Å². The van der Waals surface area contributed by atoms with E-state index in [2.05, 4.69) is 311 Å². The molecule has 4 nitrogen and oxygen atoms in total. The molecule has 2 aromatic heterocycles. The molecular formula is C70H52N4Si. The summed E-state index contributed by atoms with van der Waals surface area (Å²) in [6, 6.07) is 102. The molecule has 0 aliphatic heterocycles. The van der Waals surface area contributed by atoms with Crippen LogP contribution in [0.25, 0.3) is 76.5 Å². The first-order chi connectivity index (χ1) is 37.0. The van der Waals surface area contributed by atoms with Gasteiger partial charge in [-0.05, 0) is 130 Å². The zero-order valence-corrected chi connectivity index (χ0v) is 42.8. The van der Waals surface area contributed by atoms with Crippen LogP contribution in [-0.2, 0) is 0 Å². The van der Waals surface area contributed by atoms with E-state index in [4.69, 9.17) is 0 Å². The molecule has 0 atom stereocenters. The molecule has 0 saturated heterocycles. The van der Waals surface area contributed by atoms with Gasteiger partial charge in [0.05, 0.1) is 33.4 Å². The predicted octanol–water partition coefficient (Wildman–Crippen LogP) is 17.9. The zero-order chi connectivity index (χ0) is 50.0. The second kappa shape index (κ2) is 18.0. The fraction of sp³-hybridized carbons (Fsp3) is 0.0286. The molecule has 2 heterocycles. The second-order valence-corrected chi connectivity index (χ2v) is 24.4. The van der Waals surface area contributed by atoms with Crippen LogP contribution in [0.15, 0.2) is 279 Å². The van der Waals surface area contributed by atoms with Crippen LogP contribution in [0.3, 0.4) is 0 Å². The Balaban J connectivity index is 0.910. The highest BCUT2D eigenvalue weighted by molar-refractivity contribution is 7.03. The third-order valence-corrected chi connectivity index (χ3v) is 19.1. The average molecular weight is 977 g/mol. The lowest BCUT2D eigenvalue weighted by Gasteiger charge is -2.32. The molecule has 0 fully saturated rings. The van der Waals surface area contributed by atoms with E-state index in [0.717, 1.165) is 45.5 Å². The van der Waals surface area contributed by atoms with Gasteiger partial charge < -0.3 is 18.9 Å². The van der Waals surface area contributed by atoms with Crippen molar-refractivity contribution in [3.8, 4) is 11.4 Å². The Kier molecular flexibility index (Phi) is 10.6. The summed E-state index contributed by atoms with van der Waals surface area (Å²) in [7, 11) is -2.45. The molecule has 356 valence electrons. The van der Waals surface area contributed by atoms with Crippen LogP contribution < -0.4 is 20.2 Å².